The van der Waals surface area contributed by atoms with Gasteiger partial charge >= 0.3 is 0 Å². The van der Waals surface area contributed by atoms with Crippen LogP contribution in [0.2, 0.25) is 0 Å². The lowest BCUT2D eigenvalue weighted by Gasteiger charge is -2.08. The molecular formula is C14H17NO. The molecule has 16 heavy (non-hydrogen) atoms. The largest absolute Gasteiger partial charge is 0.467 e. The number of furan rings is 1. The van der Waals surface area contributed by atoms with Gasteiger partial charge in [0.2, 0.25) is 0 Å². The molecule has 1 aromatic carbocycles. The van der Waals surface area contributed by atoms with Gasteiger partial charge in [0.15, 0.2) is 0 Å². The van der Waals surface area contributed by atoms with E-state index in [2.05, 4.69) is 43.4 Å². The number of benzene rings is 1. The lowest BCUT2D eigenvalue weighted by atomic mass is 10.0. The van der Waals surface area contributed by atoms with Crippen LogP contribution in [0.4, 0.5) is 5.69 Å². The highest BCUT2D eigenvalue weighted by Gasteiger charge is 1.99. The van der Waals surface area contributed by atoms with Crippen LogP contribution >= 0.6 is 0 Å². The summed E-state index contributed by atoms with van der Waals surface area (Å²) in [6.07, 6.45) is 1.69. The Morgan fingerprint density at radius 1 is 1.12 bits per heavy atom. The average molecular weight is 215 g/mol. The Bertz CT molecular complexity index is 415. The van der Waals surface area contributed by atoms with Crippen molar-refractivity contribution in [3.05, 3.63) is 54.0 Å². The molecule has 0 unspecified atom stereocenters. The summed E-state index contributed by atoms with van der Waals surface area (Å²) in [5, 5.41) is 3.32. The summed E-state index contributed by atoms with van der Waals surface area (Å²) >= 11 is 0. The van der Waals surface area contributed by atoms with E-state index < -0.39 is 0 Å². The first kappa shape index (κ1) is 10.8. The summed E-state index contributed by atoms with van der Waals surface area (Å²) in [5.74, 6) is 1.53. The second-order valence-corrected chi connectivity index (χ2v) is 4.21. The zero-order valence-corrected chi connectivity index (χ0v) is 9.73. The Morgan fingerprint density at radius 2 is 1.88 bits per heavy atom. The number of hydrogen-bond donors (Lipinski definition) is 1. The molecule has 0 radical (unpaired) electrons. The predicted molar refractivity (Wildman–Crippen MR) is 66.6 cm³/mol. The van der Waals surface area contributed by atoms with Crippen molar-refractivity contribution in [2.24, 2.45) is 0 Å². The van der Waals surface area contributed by atoms with E-state index >= 15 is 0 Å². The highest BCUT2D eigenvalue weighted by molar-refractivity contribution is 5.45. The van der Waals surface area contributed by atoms with Crippen LogP contribution in [-0.2, 0) is 6.54 Å². The second kappa shape index (κ2) is 4.88. The first-order valence-electron chi connectivity index (χ1n) is 5.62. The molecule has 84 valence electrons. The molecule has 0 aliphatic rings. The molecule has 2 nitrogen and oxygen atoms in total. The average Bonchev–Trinajstić information content (AvgIpc) is 2.80. The van der Waals surface area contributed by atoms with Gasteiger partial charge in [-0.25, -0.2) is 0 Å². The fourth-order valence-corrected chi connectivity index (χ4v) is 1.59. The van der Waals surface area contributed by atoms with Crippen LogP contribution in [-0.4, -0.2) is 0 Å². The topological polar surface area (TPSA) is 25.2 Å². The Kier molecular flexibility index (Phi) is 3.30. The Labute approximate surface area is 96.3 Å². The van der Waals surface area contributed by atoms with Crippen molar-refractivity contribution >= 4 is 5.69 Å². The fraction of sp³-hybridized carbons (Fsp3) is 0.286. The quantitative estimate of drug-likeness (QED) is 0.833. The molecule has 2 aromatic rings. The van der Waals surface area contributed by atoms with E-state index in [1.54, 1.807) is 6.26 Å². The van der Waals surface area contributed by atoms with Crippen molar-refractivity contribution in [3.8, 4) is 0 Å². The molecule has 0 bridgehead atoms. The van der Waals surface area contributed by atoms with E-state index in [1.807, 2.05) is 12.1 Å². The van der Waals surface area contributed by atoms with Crippen LogP contribution in [0.3, 0.4) is 0 Å². The van der Waals surface area contributed by atoms with Crippen LogP contribution in [0.25, 0.3) is 0 Å². The zero-order chi connectivity index (χ0) is 11.4. The van der Waals surface area contributed by atoms with Crippen LogP contribution in [0.1, 0.15) is 31.1 Å². The smallest absolute Gasteiger partial charge is 0.122 e. The SMILES string of the molecule is CC(C)c1ccc(NCc2ccco2)cc1. The van der Waals surface area contributed by atoms with Gasteiger partial charge in [-0.05, 0) is 35.7 Å². The fourth-order valence-electron chi connectivity index (χ4n) is 1.59. The van der Waals surface area contributed by atoms with Crippen molar-refractivity contribution in [2.45, 2.75) is 26.3 Å². The predicted octanol–water partition coefficient (Wildman–Crippen LogP) is 4.02. The minimum Gasteiger partial charge on any atom is -0.467 e. The van der Waals surface area contributed by atoms with Gasteiger partial charge in [0.1, 0.15) is 5.76 Å². The maximum Gasteiger partial charge on any atom is 0.122 e. The van der Waals surface area contributed by atoms with E-state index in [0.29, 0.717) is 5.92 Å². The summed E-state index contributed by atoms with van der Waals surface area (Å²) in [4.78, 5) is 0. The van der Waals surface area contributed by atoms with Gasteiger partial charge in [0.05, 0.1) is 12.8 Å². The molecule has 0 amide bonds. The van der Waals surface area contributed by atoms with E-state index in [0.717, 1.165) is 18.0 Å². The molecule has 2 rings (SSSR count). The molecule has 0 fully saturated rings. The van der Waals surface area contributed by atoms with Gasteiger partial charge in [-0.1, -0.05) is 26.0 Å². The van der Waals surface area contributed by atoms with Crippen LogP contribution < -0.4 is 5.32 Å². The van der Waals surface area contributed by atoms with Crippen LogP contribution in [0.5, 0.6) is 0 Å². The lowest BCUT2D eigenvalue weighted by molar-refractivity contribution is 0.518. The molecule has 1 heterocycles. The highest BCUT2D eigenvalue weighted by atomic mass is 16.3. The van der Waals surface area contributed by atoms with Gasteiger partial charge in [0.25, 0.3) is 0 Å². The molecule has 1 N–H and O–H groups in total. The monoisotopic (exact) mass is 215 g/mol. The Balaban J connectivity index is 1.95. The summed E-state index contributed by atoms with van der Waals surface area (Å²) in [6, 6.07) is 12.4. The van der Waals surface area contributed by atoms with Crippen LogP contribution in [0, 0.1) is 0 Å². The zero-order valence-electron chi connectivity index (χ0n) is 9.73. The minimum atomic E-state index is 0.583. The van der Waals surface area contributed by atoms with Crippen molar-refractivity contribution < 1.29 is 4.42 Å². The van der Waals surface area contributed by atoms with Gasteiger partial charge in [-0.2, -0.15) is 0 Å². The van der Waals surface area contributed by atoms with Gasteiger partial charge in [-0.15, -0.1) is 0 Å². The normalized spacial score (nSPS) is 10.7. The van der Waals surface area contributed by atoms with Gasteiger partial charge < -0.3 is 9.73 Å². The molecule has 0 spiro atoms. The molecule has 2 heteroatoms. The standard InChI is InChI=1S/C14H17NO/c1-11(2)12-5-7-13(8-6-12)15-10-14-4-3-9-16-14/h3-9,11,15H,10H2,1-2H3. The number of anilines is 1. The molecule has 0 aliphatic heterocycles. The van der Waals surface area contributed by atoms with E-state index in [4.69, 9.17) is 4.42 Å². The molecular weight excluding hydrogens is 198 g/mol. The third-order valence-corrected chi connectivity index (χ3v) is 2.62. The third-order valence-electron chi connectivity index (χ3n) is 2.62. The van der Waals surface area contributed by atoms with Crippen molar-refractivity contribution in [1.29, 1.82) is 0 Å². The number of hydrogen-bond acceptors (Lipinski definition) is 2. The lowest BCUT2D eigenvalue weighted by Crippen LogP contribution is -1.98. The summed E-state index contributed by atoms with van der Waals surface area (Å²) in [6.45, 7) is 5.13. The number of nitrogens with one attached hydrogen (secondary N) is 1. The Hall–Kier alpha value is -1.70. The van der Waals surface area contributed by atoms with Crippen LogP contribution in [0.15, 0.2) is 47.1 Å². The third kappa shape index (κ3) is 2.66. The van der Waals surface area contributed by atoms with E-state index in [9.17, 15) is 0 Å². The van der Waals surface area contributed by atoms with E-state index in [1.165, 1.54) is 5.56 Å². The molecule has 0 saturated heterocycles. The Morgan fingerprint density at radius 3 is 2.44 bits per heavy atom. The van der Waals surface area contributed by atoms with Crippen molar-refractivity contribution in [3.63, 3.8) is 0 Å². The molecule has 0 atom stereocenters. The summed E-state index contributed by atoms with van der Waals surface area (Å²) < 4.78 is 5.25. The minimum absolute atomic E-state index is 0.583. The van der Waals surface area contributed by atoms with Gasteiger partial charge in [0, 0.05) is 5.69 Å². The highest BCUT2D eigenvalue weighted by Crippen LogP contribution is 2.17. The second-order valence-electron chi connectivity index (χ2n) is 4.21. The van der Waals surface area contributed by atoms with Gasteiger partial charge in [-0.3, -0.25) is 0 Å². The van der Waals surface area contributed by atoms with Crippen molar-refractivity contribution in [1.82, 2.24) is 0 Å². The molecule has 0 saturated carbocycles. The first-order valence-corrected chi connectivity index (χ1v) is 5.62. The first-order chi connectivity index (χ1) is 7.75. The molecule has 0 aliphatic carbocycles. The van der Waals surface area contributed by atoms with Crippen molar-refractivity contribution in [2.75, 3.05) is 5.32 Å². The maximum atomic E-state index is 5.25. The maximum absolute atomic E-state index is 5.25. The van der Waals surface area contributed by atoms with E-state index in [-0.39, 0.29) is 0 Å². The molecule has 1 aromatic heterocycles. The number of rotatable bonds is 4. The summed E-state index contributed by atoms with van der Waals surface area (Å²) in [5.41, 5.74) is 2.49. The summed E-state index contributed by atoms with van der Waals surface area (Å²) in [7, 11) is 0.